The van der Waals surface area contributed by atoms with Crippen molar-refractivity contribution in [2.75, 3.05) is 0 Å². The third-order valence-corrected chi connectivity index (χ3v) is 14.7. The van der Waals surface area contributed by atoms with Gasteiger partial charge < -0.3 is 19.5 Å². The van der Waals surface area contributed by atoms with Crippen LogP contribution in [0.5, 0.6) is 0 Å². The fourth-order valence-electron chi connectivity index (χ4n) is 9.66. The van der Waals surface area contributed by atoms with Crippen molar-refractivity contribution in [1.82, 2.24) is 19.5 Å². The number of nitrogens with zero attached hydrogens (tertiary/aromatic N) is 6. The van der Waals surface area contributed by atoms with Gasteiger partial charge in [0.15, 0.2) is 55.3 Å². The fraction of sp³-hybridized carbons (Fsp3) is 0.0845. The molecule has 0 bridgehead atoms. The fourth-order valence-corrected chi connectivity index (χ4v) is 10.2. The largest absolute Gasteiger partial charge is 0.361 e. The molecule has 13 aromatic rings. The van der Waals surface area contributed by atoms with E-state index < -0.39 is 0 Å². The first-order valence-corrected chi connectivity index (χ1v) is 27.7. The number of halogens is 2. The molecule has 11 heteroatoms. The summed E-state index contributed by atoms with van der Waals surface area (Å²) in [4.78, 5) is 13.5. The van der Waals surface area contributed by atoms with Crippen LogP contribution in [0.2, 0.25) is 0 Å². The van der Waals surface area contributed by atoms with E-state index in [0.717, 1.165) is 48.5 Å². The van der Waals surface area contributed by atoms with E-state index in [0.29, 0.717) is 5.69 Å². The van der Waals surface area contributed by atoms with Crippen molar-refractivity contribution >= 4 is 125 Å². The van der Waals surface area contributed by atoms with E-state index in [-0.39, 0.29) is 5.82 Å². The van der Waals surface area contributed by atoms with Crippen LogP contribution in [0, 0.1) is 19.3 Å². The second-order valence-corrected chi connectivity index (χ2v) is 21.2. The molecule has 8 heterocycles. The number of H-pyrrole nitrogens is 3. The average molecular weight is 1140 g/mol. The van der Waals surface area contributed by atoms with Crippen molar-refractivity contribution in [2.45, 2.75) is 6.92 Å². The summed E-state index contributed by atoms with van der Waals surface area (Å²) in [6, 6.07) is 44.4. The standard InChI is InChI=1S/C20H16N2.C17H15BrN2.C17H16FN2.C17H13N3/c1-22-12-10-15(11-13-22)6-7-17-14-21-20-18-5-3-2-4-16(18)8-9-19(17)20;1-12-9-15(18)10-16-14(11-19-17(12)16)4-3-13-5-7-20(2)8-6-13;1-19-9-7-13(8-10-19)3-4-14-12-20(2)17-6-5-15(18)11-16(14)17;1-18-15-5-6-17-16(11-15)14(12-19-17)4-3-13-7-9-20(2)10-8-13/h2-14H,1H3;3-11H,1-2H3;3-12H,1-2H3;3-12H,2H3/q;;+1;/p+3. The van der Waals surface area contributed by atoms with E-state index >= 15 is 0 Å². The van der Waals surface area contributed by atoms with Crippen molar-refractivity contribution in [3.63, 3.8) is 0 Å². The maximum absolute atomic E-state index is 13.4. The molecule has 0 saturated carbocycles. The summed E-state index contributed by atoms with van der Waals surface area (Å²) in [5, 5.41) is 7.06. The van der Waals surface area contributed by atoms with Gasteiger partial charge in [0.05, 0.1) is 12.1 Å². The Balaban J connectivity index is 0.000000123. The molecule has 82 heavy (non-hydrogen) atoms. The highest BCUT2D eigenvalue weighted by Crippen LogP contribution is 2.30. The topological polar surface area (TPSA) is 72.2 Å². The highest BCUT2D eigenvalue weighted by Gasteiger charge is 2.09. The number of nitrogens with one attached hydrogen (secondary N) is 3. The van der Waals surface area contributed by atoms with Crippen molar-refractivity contribution < 1.29 is 22.7 Å². The summed E-state index contributed by atoms with van der Waals surface area (Å²) in [6.07, 6.45) is 41.2. The molecule has 0 fully saturated rings. The van der Waals surface area contributed by atoms with Crippen molar-refractivity contribution in [3.8, 4) is 0 Å². The lowest BCUT2D eigenvalue weighted by molar-refractivity contribution is -0.671. The molecule has 0 aliphatic heterocycles. The van der Waals surface area contributed by atoms with Gasteiger partial charge in [-0.15, -0.1) is 0 Å². The Kier molecular flexibility index (Phi) is 17.1. The number of pyridine rings is 4. The molecule has 0 unspecified atom stereocenters. The van der Waals surface area contributed by atoms with E-state index in [1.807, 2.05) is 144 Å². The number of rotatable bonds is 8. The van der Waals surface area contributed by atoms with Crippen LogP contribution in [-0.4, -0.2) is 19.5 Å². The normalized spacial score (nSPS) is 11.5. The first-order valence-electron chi connectivity index (χ1n) is 26.9. The monoisotopic (exact) mass is 1140 g/mol. The number of hydrogen-bond donors (Lipinski definition) is 3. The number of aromatic nitrogens is 8. The zero-order chi connectivity index (χ0) is 57.1. The average Bonchev–Trinajstić information content (AvgIpc) is 4.46. The molecule has 0 saturated heterocycles. The van der Waals surface area contributed by atoms with Crippen LogP contribution in [0.1, 0.15) is 50.1 Å². The Hall–Kier alpha value is -10.0. The molecule has 0 spiro atoms. The van der Waals surface area contributed by atoms with Crippen molar-refractivity contribution in [2.24, 2.45) is 35.2 Å². The lowest BCUT2D eigenvalue weighted by Gasteiger charge is -1.99. The zero-order valence-corrected chi connectivity index (χ0v) is 48.3. The highest BCUT2D eigenvalue weighted by atomic mass is 79.9. The summed E-state index contributed by atoms with van der Waals surface area (Å²) in [6.45, 7) is 9.21. The molecule has 402 valence electrons. The summed E-state index contributed by atoms with van der Waals surface area (Å²) < 4.78 is 24.6. The van der Waals surface area contributed by atoms with E-state index in [9.17, 15) is 4.39 Å². The van der Waals surface area contributed by atoms with Crippen LogP contribution >= 0.6 is 15.9 Å². The smallest absolute Gasteiger partial charge is 0.188 e. The lowest BCUT2D eigenvalue weighted by Crippen LogP contribution is -2.25. The zero-order valence-electron chi connectivity index (χ0n) is 46.7. The van der Waals surface area contributed by atoms with Gasteiger partial charge in [-0.3, -0.25) is 0 Å². The lowest BCUT2D eigenvalue weighted by atomic mass is 10.1. The molecule has 3 N–H and O–H groups in total. The highest BCUT2D eigenvalue weighted by molar-refractivity contribution is 9.10. The Morgan fingerprint density at radius 2 is 0.976 bits per heavy atom. The minimum Gasteiger partial charge on any atom is -0.361 e. The number of benzene rings is 5. The molecule has 5 aromatic carbocycles. The van der Waals surface area contributed by atoms with Crippen LogP contribution in [-0.2, 0) is 35.2 Å². The molecular formula is C71H63BrFN9+4. The minimum atomic E-state index is -0.204. The van der Waals surface area contributed by atoms with Gasteiger partial charge in [-0.1, -0.05) is 107 Å². The Labute approximate surface area is 485 Å². The van der Waals surface area contributed by atoms with Crippen LogP contribution in [0.25, 0.3) is 108 Å². The van der Waals surface area contributed by atoms with Crippen LogP contribution in [0.15, 0.2) is 212 Å². The summed E-state index contributed by atoms with van der Waals surface area (Å²) in [5.41, 5.74) is 15.6. The van der Waals surface area contributed by atoms with Gasteiger partial charge in [0.25, 0.3) is 0 Å². The number of fused-ring (bicyclic) bond motifs is 6. The molecule has 0 atom stereocenters. The van der Waals surface area contributed by atoms with Gasteiger partial charge in [0.1, 0.15) is 34.0 Å². The predicted molar refractivity (Wildman–Crippen MR) is 340 cm³/mol. The van der Waals surface area contributed by atoms with Gasteiger partial charge in [-0.25, -0.2) is 27.5 Å². The Morgan fingerprint density at radius 1 is 0.476 bits per heavy atom. The third-order valence-electron chi connectivity index (χ3n) is 14.2. The van der Waals surface area contributed by atoms with Crippen molar-refractivity contribution in [1.29, 1.82) is 0 Å². The Morgan fingerprint density at radius 3 is 1.54 bits per heavy atom. The van der Waals surface area contributed by atoms with E-state index in [2.05, 4.69) is 201 Å². The first-order chi connectivity index (χ1) is 39.8. The predicted octanol–water partition coefficient (Wildman–Crippen LogP) is 15.6. The molecule has 0 radical (unpaired) electrons. The molecule has 8 aromatic heterocycles. The van der Waals surface area contributed by atoms with Crippen LogP contribution < -0.4 is 18.3 Å². The van der Waals surface area contributed by atoms with Gasteiger partial charge in [0, 0.05) is 128 Å². The van der Waals surface area contributed by atoms with E-state index in [1.165, 1.54) is 66.5 Å². The SMILES string of the molecule is C[n+]1ccc(/C=C/c2c[nH]c3c2ccc2ccccc23)cc1.Cc1cc(Br)cc2c(/C=C/c3cc[n+](C)cc3)c[nH]c12.Cn1cc(/C=C/c2cc[n+](C)cc2)c2cc(F)ccc21.[C-]#[N+]c1ccc2[nH]cc(/C=C/c3cc[n+](C)cc3)c2c1. The minimum absolute atomic E-state index is 0.204. The van der Waals surface area contributed by atoms with E-state index in [4.69, 9.17) is 6.57 Å². The molecule has 9 nitrogen and oxygen atoms in total. The quantitative estimate of drug-likeness (QED) is 0.100. The van der Waals surface area contributed by atoms with Gasteiger partial charge in [-0.2, -0.15) is 0 Å². The van der Waals surface area contributed by atoms with Gasteiger partial charge in [0.2, 0.25) is 0 Å². The molecule has 13 rings (SSSR count). The van der Waals surface area contributed by atoms with E-state index in [1.54, 1.807) is 6.07 Å². The summed E-state index contributed by atoms with van der Waals surface area (Å²) >= 11 is 3.57. The summed E-state index contributed by atoms with van der Waals surface area (Å²) in [5.74, 6) is -0.204. The van der Waals surface area contributed by atoms with Gasteiger partial charge in [-0.05, 0) is 105 Å². The Bertz CT molecular complexity index is 4520. The number of hydrogen-bond acceptors (Lipinski definition) is 0. The van der Waals surface area contributed by atoms with Crippen molar-refractivity contribution in [3.05, 3.63) is 280 Å². The van der Waals surface area contributed by atoms with Crippen LogP contribution in [0.3, 0.4) is 0 Å². The third kappa shape index (κ3) is 13.5. The molecular weight excluding hydrogens is 1080 g/mol. The van der Waals surface area contributed by atoms with Gasteiger partial charge >= 0.3 is 0 Å². The first kappa shape index (κ1) is 55.3. The molecule has 0 amide bonds. The second kappa shape index (κ2) is 25.4. The summed E-state index contributed by atoms with van der Waals surface area (Å²) in [7, 11) is 10.0. The van der Waals surface area contributed by atoms with Crippen LogP contribution in [0.4, 0.5) is 10.1 Å². The number of aromatic amines is 3. The molecule has 0 aliphatic carbocycles. The molecule has 0 aliphatic rings. The second-order valence-electron chi connectivity index (χ2n) is 20.3. The maximum Gasteiger partial charge on any atom is 0.188 e. The maximum atomic E-state index is 13.4. The number of aryl methyl sites for hydroxylation is 6.